The summed E-state index contributed by atoms with van der Waals surface area (Å²) in [6.07, 6.45) is 1.78. The van der Waals surface area contributed by atoms with Gasteiger partial charge < -0.3 is 5.11 Å². The van der Waals surface area contributed by atoms with E-state index in [1.807, 2.05) is 6.92 Å². The van der Waals surface area contributed by atoms with Gasteiger partial charge in [-0.2, -0.15) is 12.7 Å². The smallest absolute Gasteiger partial charge is 0.307 e. The van der Waals surface area contributed by atoms with Crippen molar-refractivity contribution in [3.05, 3.63) is 29.8 Å². The molecule has 1 aliphatic rings. The minimum atomic E-state index is -3.58. The molecule has 1 aromatic rings. The maximum atomic E-state index is 12.3. The molecule has 116 valence electrons. The van der Waals surface area contributed by atoms with E-state index >= 15 is 0 Å². The molecule has 1 aromatic carbocycles. The molecule has 7 heteroatoms. The number of piperidine rings is 1. The molecule has 6 nitrogen and oxygen atoms in total. The number of benzene rings is 1. The van der Waals surface area contributed by atoms with Crippen molar-refractivity contribution < 1.29 is 18.3 Å². The first kappa shape index (κ1) is 15.8. The van der Waals surface area contributed by atoms with Crippen LogP contribution in [0.2, 0.25) is 0 Å². The number of anilines is 1. The van der Waals surface area contributed by atoms with Crippen molar-refractivity contribution in [2.75, 3.05) is 17.8 Å². The zero-order chi connectivity index (χ0) is 15.5. The molecule has 1 fully saturated rings. The molecule has 1 aliphatic heterocycles. The number of carbonyl (C=O) groups is 1. The van der Waals surface area contributed by atoms with Gasteiger partial charge in [0.15, 0.2) is 0 Å². The Balaban J connectivity index is 2.11. The normalized spacial score (nSPS) is 20.1. The second-order valence-corrected chi connectivity index (χ2v) is 7.15. The Bertz CT molecular complexity index is 615. The number of nitrogens with one attached hydrogen (secondary N) is 1. The van der Waals surface area contributed by atoms with Crippen molar-refractivity contribution in [2.24, 2.45) is 5.92 Å². The fourth-order valence-corrected chi connectivity index (χ4v) is 3.87. The number of hydrogen-bond donors (Lipinski definition) is 2. The average Bonchev–Trinajstić information content (AvgIpc) is 2.37. The van der Waals surface area contributed by atoms with Gasteiger partial charge in [0.25, 0.3) is 0 Å². The number of nitrogens with zero attached hydrogens (tertiary/aromatic N) is 1. The summed E-state index contributed by atoms with van der Waals surface area (Å²) in [5, 5.41) is 8.78. The number of rotatable bonds is 5. The highest BCUT2D eigenvalue weighted by Crippen LogP contribution is 2.20. The lowest BCUT2D eigenvalue weighted by Crippen LogP contribution is -2.42. The Hall–Kier alpha value is -1.60. The Morgan fingerprint density at radius 1 is 1.48 bits per heavy atom. The van der Waals surface area contributed by atoms with Gasteiger partial charge in [0.2, 0.25) is 0 Å². The van der Waals surface area contributed by atoms with Crippen LogP contribution in [0.5, 0.6) is 0 Å². The third-order valence-electron chi connectivity index (χ3n) is 3.49. The van der Waals surface area contributed by atoms with Gasteiger partial charge in [-0.3, -0.25) is 9.52 Å². The first-order valence-electron chi connectivity index (χ1n) is 6.95. The molecular formula is C14H20N2O4S. The molecule has 0 aromatic heterocycles. The van der Waals surface area contributed by atoms with Gasteiger partial charge in [-0.15, -0.1) is 0 Å². The molecule has 1 saturated heterocycles. The molecule has 0 radical (unpaired) electrons. The van der Waals surface area contributed by atoms with Gasteiger partial charge in [-0.25, -0.2) is 0 Å². The second-order valence-electron chi connectivity index (χ2n) is 5.48. The van der Waals surface area contributed by atoms with Crippen molar-refractivity contribution in [1.82, 2.24) is 4.31 Å². The van der Waals surface area contributed by atoms with E-state index in [-0.39, 0.29) is 6.42 Å². The second kappa shape index (κ2) is 6.44. The van der Waals surface area contributed by atoms with Crippen molar-refractivity contribution in [3.8, 4) is 0 Å². The maximum Gasteiger partial charge on any atom is 0.307 e. The van der Waals surface area contributed by atoms with Crippen molar-refractivity contribution in [2.45, 2.75) is 26.2 Å². The Morgan fingerprint density at radius 3 is 2.90 bits per heavy atom. The molecule has 1 unspecified atom stereocenters. The summed E-state index contributed by atoms with van der Waals surface area (Å²) in [4.78, 5) is 10.7. The monoisotopic (exact) mass is 312 g/mol. The summed E-state index contributed by atoms with van der Waals surface area (Å²) in [6.45, 7) is 3.08. The maximum absolute atomic E-state index is 12.3. The van der Waals surface area contributed by atoms with Crippen molar-refractivity contribution in [3.63, 3.8) is 0 Å². The van der Waals surface area contributed by atoms with Gasteiger partial charge in [0.1, 0.15) is 0 Å². The van der Waals surface area contributed by atoms with Crippen LogP contribution < -0.4 is 4.72 Å². The van der Waals surface area contributed by atoms with Crippen LogP contribution >= 0.6 is 0 Å². The summed E-state index contributed by atoms with van der Waals surface area (Å²) in [5.41, 5.74) is 0.960. The van der Waals surface area contributed by atoms with Crippen molar-refractivity contribution >= 4 is 21.9 Å². The standard InChI is InChI=1S/C14H20N2O4S/c1-11-4-3-7-16(10-11)21(19,20)15-13-6-2-5-12(8-13)9-14(17)18/h2,5-6,8,11,15H,3-4,7,9-10H2,1H3,(H,17,18). The predicted octanol–water partition coefficient (Wildman–Crippen LogP) is 1.70. The fraction of sp³-hybridized carbons (Fsp3) is 0.500. The molecule has 2 N–H and O–H groups in total. The van der Waals surface area contributed by atoms with Crippen LogP contribution in [0.3, 0.4) is 0 Å². The molecule has 0 saturated carbocycles. The first-order chi connectivity index (χ1) is 9.87. The molecule has 0 spiro atoms. The van der Waals surface area contributed by atoms with Crippen molar-refractivity contribution in [1.29, 1.82) is 0 Å². The summed E-state index contributed by atoms with van der Waals surface area (Å²) in [5.74, 6) is -0.589. The Labute approximate surface area is 125 Å². The Morgan fingerprint density at radius 2 is 2.24 bits per heavy atom. The van der Waals surface area contributed by atoms with Crippen LogP contribution in [0.1, 0.15) is 25.3 Å². The molecule has 0 amide bonds. The summed E-state index contributed by atoms with van der Waals surface area (Å²) in [6, 6.07) is 6.49. The van der Waals surface area contributed by atoms with Gasteiger partial charge in [0.05, 0.1) is 12.1 Å². The highest BCUT2D eigenvalue weighted by molar-refractivity contribution is 7.90. The third kappa shape index (κ3) is 4.44. The number of carboxylic acids is 1. The number of aliphatic carboxylic acids is 1. The summed E-state index contributed by atoms with van der Waals surface area (Å²) >= 11 is 0. The zero-order valence-corrected chi connectivity index (χ0v) is 12.8. The molecule has 21 heavy (non-hydrogen) atoms. The lowest BCUT2D eigenvalue weighted by molar-refractivity contribution is -0.136. The van der Waals surface area contributed by atoms with Gasteiger partial charge in [0, 0.05) is 13.1 Å². The quantitative estimate of drug-likeness (QED) is 0.866. The lowest BCUT2D eigenvalue weighted by atomic mass is 10.0. The van der Waals surface area contributed by atoms with E-state index in [0.717, 1.165) is 12.8 Å². The lowest BCUT2D eigenvalue weighted by Gasteiger charge is -2.30. The fourth-order valence-electron chi connectivity index (χ4n) is 2.50. The van der Waals surface area contributed by atoms with Crippen LogP contribution in [0.25, 0.3) is 0 Å². The van der Waals surface area contributed by atoms with Crippen LogP contribution in [0.15, 0.2) is 24.3 Å². The molecule has 1 heterocycles. The first-order valence-corrected chi connectivity index (χ1v) is 8.39. The zero-order valence-electron chi connectivity index (χ0n) is 11.9. The van der Waals surface area contributed by atoms with E-state index in [1.165, 1.54) is 4.31 Å². The van der Waals surface area contributed by atoms with Crippen LogP contribution in [0, 0.1) is 5.92 Å². The molecule has 0 bridgehead atoms. The van der Waals surface area contributed by atoms with E-state index < -0.39 is 16.2 Å². The van der Waals surface area contributed by atoms with Gasteiger partial charge >= 0.3 is 16.2 Å². The van der Waals surface area contributed by atoms with E-state index in [4.69, 9.17) is 5.11 Å². The van der Waals surface area contributed by atoms with Crippen LogP contribution in [0.4, 0.5) is 5.69 Å². The number of carboxylic acid groups (broad SMARTS) is 1. The highest BCUT2D eigenvalue weighted by atomic mass is 32.2. The highest BCUT2D eigenvalue weighted by Gasteiger charge is 2.26. The predicted molar refractivity (Wildman–Crippen MR) is 80.3 cm³/mol. The largest absolute Gasteiger partial charge is 0.481 e. The van der Waals surface area contributed by atoms with E-state index in [9.17, 15) is 13.2 Å². The minimum Gasteiger partial charge on any atom is -0.481 e. The average molecular weight is 312 g/mol. The van der Waals surface area contributed by atoms with E-state index in [1.54, 1.807) is 24.3 Å². The molecule has 0 aliphatic carbocycles. The minimum absolute atomic E-state index is 0.129. The summed E-state index contributed by atoms with van der Waals surface area (Å²) < 4.78 is 28.6. The van der Waals surface area contributed by atoms with Crippen LogP contribution in [-0.4, -0.2) is 36.9 Å². The topological polar surface area (TPSA) is 86.7 Å². The molecule has 2 rings (SSSR count). The van der Waals surface area contributed by atoms with Gasteiger partial charge in [-0.1, -0.05) is 19.1 Å². The molecular weight excluding hydrogens is 292 g/mol. The Kier molecular flexibility index (Phi) is 4.84. The van der Waals surface area contributed by atoms with Crippen LogP contribution in [-0.2, 0) is 21.4 Å². The van der Waals surface area contributed by atoms with E-state index in [2.05, 4.69) is 4.72 Å². The molecule has 1 atom stereocenters. The van der Waals surface area contributed by atoms with Gasteiger partial charge in [-0.05, 0) is 36.5 Å². The number of hydrogen-bond acceptors (Lipinski definition) is 3. The summed E-state index contributed by atoms with van der Waals surface area (Å²) in [7, 11) is -3.58. The SMILES string of the molecule is CC1CCCN(S(=O)(=O)Nc2cccc(CC(=O)O)c2)C1. The van der Waals surface area contributed by atoms with E-state index in [0.29, 0.717) is 30.3 Å². The third-order valence-corrected chi connectivity index (χ3v) is 4.99.